The molecule has 0 saturated carbocycles. The van der Waals surface area contributed by atoms with Crippen molar-refractivity contribution >= 4 is 11.9 Å². The van der Waals surface area contributed by atoms with Crippen molar-refractivity contribution in [2.24, 2.45) is 0 Å². The molecular formula is C21H22O10. The summed E-state index contributed by atoms with van der Waals surface area (Å²) in [6.07, 6.45) is -4.86. The van der Waals surface area contributed by atoms with E-state index >= 15 is 0 Å². The number of ketones is 1. The van der Waals surface area contributed by atoms with Crippen molar-refractivity contribution in [1.29, 1.82) is 0 Å². The number of aliphatic hydroxyl groups excluding tert-OH is 4. The summed E-state index contributed by atoms with van der Waals surface area (Å²) in [6, 6.07) is 7.65. The van der Waals surface area contributed by atoms with E-state index in [9.17, 15) is 40.5 Å². The molecule has 5 atom stereocenters. The molecule has 1 saturated heterocycles. The van der Waals surface area contributed by atoms with Gasteiger partial charge < -0.3 is 45.2 Å². The van der Waals surface area contributed by atoms with Crippen LogP contribution in [-0.2, 0) is 4.74 Å². The highest BCUT2D eigenvalue weighted by Gasteiger charge is 2.44. The molecule has 7 N–H and O–H groups in total. The topological polar surface area (TPSA) is 177 Å². The van der Waals surface area contributed by atoms with Gasteiger partial charge in [-0.2, -0.15) is 0 Å². The molecule has 1 aliphatic rings. The Kier molecular flexibility index (Phi) is 6.78. The Morgan fingerprint density at radius 2 is 1.71 bits per heavy atom. The Bertz CT molecular complexity index is 971. The predicted octanol–water partition coefficient (Wildman–Crippen LogP) is -0.122. The van der Waals surface area contributed by atoms with Crippen LogP contribution >= 0.6 is 0 Å². The summed E-state index contributed by atoms with van der Waals surface area (Å²) >= 11 is 0. The summed E-state index contributed by atoms with van der Waals surface area (Å²) in [5.74, 6) is -1.56. The average Bonchev–Trinajstić information content (AvgIpc) is 2.73. The Labute approximate surface area is 176 Å². The normalized spacial score (nSPS) is 26.1. The first kappa shape index (κ1) is 22.5. The number of hydrogen-bond donors (Lipinski definition) is 7. The zero-order chi connectivity index (χ0) is 22.7. The number of aromatic hydroxyl groups is 3. The van der Waals surface area contributed by atoms with Gasteiger partial charge in [0.05, 0.1) is 12.2 Å². The van der Waals surface area contributed by atoms with Crippen molar-refractivity contribution in [2.45, 2.75) is 30.7 Å². The summed E-state index contributed by atoms with van der Waals surface area (Å²) < 4.78 is 10.6. The maximum Gasteiger partial charge on any atom is 0.229 e. The quantitative estimate of drug-likeness (QED) is 0.239. The fraction of sp³-hybridized carbons (Fsp3) is 0.286. The third-order valence-corrected chi connectivity index (χ3v) is 4.75. The van der Waals surface area contributed by atoms with Crippen LogP contribution in [0.1, 0.15) is 15.9 Å². The van der Waals surface area contributed by atoms with Gasteiger partial charge in [0, 0.05) is 6.07 Å². The van der Waals surface area contributed by atoms with E-state index in [2.05, 4.69) is 0 Å². The molecule has 0 bridgehead atoms. The molecule has 1 heterocycles. The summed E-state index contributed by atoms with van der Waals surface area (Å²) in [4.78, 5) is 12.2. The van der Waals surface area contributed by atoms with E-state index in [1.54, 1.807) is 0 Å². The van der Waals surface area contributed by atoms with Crippen molar-refractivity contribution in [1.82, 2.24) is 0 Å². The standard InChI is InChI=1S/C21H22O10/c22-9-17-18(27)19(28)20(29)21(31-17)30-16-6-2-10(7-15(16)26)1-5-13(24)12-4-3-11(23)8-14(12)25/h1-8,17-23,25-29H,9H2/t17-,18-,19+,20+,21-/m0/s1. The molecule has 0 spiro atoms. The first-order valence-corrected chi connectivity index (χ1v) is 9.26. The number of aliphatic hydroxyl groups is 4. The van der Waals surface area contributed by atoms with Gasteiger partial charge in [-0.25, -0.2) is 0 Å². The summed E-state index contributed by atoms with van der Waals surface area (Å²) in [6.45, 7) is -0.620. The summed E-state index contributed by atoms with van der Waals surface area (Å²) in [5, 5.41) is 68.0. The van der Waals surface area contributed by atoms with Gasteiger partial charge in [-0.05, 0) is 35.9 Å². The lowest BCUT2D eigenvalue weighted by molar-refractivity contribution is -0.277. The Hall–Kier alpha value is -3.15. The molecule has 3 rings (SSSR count). The van der Waals surface area contributed by atoms with Gasteiger partial charge in [-0.15, -0.1) is 0 Å². The molecule has 10 nitrogen and oxygen atoms in total. The molecule has 0 amide bonds. The number of hydrogen-bond acceptors (Lipinski definition) is 10. The van der Waals surface area contributed by atoms with E-state index in [-0.39, 0.29) is 28.6 Å². The van der Waals surface area contributed by atoms with E-state index in [1.807, 2.05) is 0 Å². The number of phenolic OH excluding ortho intramolecular Hbond substituents is 3. The van der Waals surface area contributed by atoms with Crippen molar-refractivity contribution in [3.05, 3.63) is 53.6 Å². The molecule has 10 heteroatoms. The number of carbonyl (C=O) groups excluding carboxylic acids is 1. The number of carbonyl (C=O) groups is 1. The Morgan fingerprint density at radius 1 is 0.968 bits per heavy atom. The molecule has 1 aliphatic heterocycles. The fourth-order valence-electron chi connectivity index (χ4n) is 3.02. The van der Waals surface area contributed by atoms with Gasteiger partial charge in [0.1, 0.15) is 35.9 Å². The lowest BCUT2D eigenvalue weighted by Gasteiger charge is -2.39. The molecule has 2 aromatic rings. The monoisotopic (exact) mass is 434 g/mol. The first-order valence-electron chi connectivity index (χ1n) is 9.26. The van der Waals surface area contributed by atoms with Gasteiger partial charge in [0.15, 0.2) is 17.3 Å². The molecule has 0 radical (unpaired) electrons. The minimum atomic E-state index is -1.63. The second kappa shape index (κ2) is 9.33. The molecule has 166 valence electrons. The van der Waals surface area contributed by atoms with Gasteiger partial charge in [-0.3, -0.25) is 4.79 Å². The minimum Gasteiger partial charge on any atom is -0.508 e. The lowest BCUT2D eigenvalue weighted by Crippen LogP contribution is -2.60. The highest BCUT2D eigenvalue weighted by molar-refractivity contribution is 6.08. The number of ether oxygens (including phenoxy) is 2. The number of allylic oxidation sites excluding steroid dienone is 1. The fourth-order valence-corrected chi connectivity index (χ4v) is 3.02. The molecule has 2 aromatic carbocycles. The van der Waals surface area contributed by atoms with Crippen molar-refractivity contribution < 1.29 is 50.0 Å². The van der Waals surface area contributed by atoms with Gasteiger partial charge in [0.25, 0.3) is 0 Å². The molecule has 0 aromatic heterocycles. The van der Waals surface area contributed by atoms with Gasteiger partial charge >= 0.3 is 0 Å². The van der Waals surface area contributed by atoms with Crippen LogP contribution in [0.3, 0.4) is 0 Å². The predicted molar refractivity (Wildman–Crippen MR) is 106 cm³/mol. The van der Waals surface area contributed by atoms with Crippen LogP contribution in [0.25, 0.3) is 6.08 Å². The van der Waals surface area contributed by atoms with E-state index in [0.29, 0.717) is 5.56 Å². The molecule has 0 unspecified atom stereocenters. The van der Waals surface area contributed by atoms with Crippen LogP contribution in [0.2, 0.25) is 0 Å². The average molecular weight is 434 g/mol. The first-order chi connectivity index (χ1) is 14.7. The van der Waals surface area contributed by atoms with Crippen molar-refractivity contribution in [3.63, 3.8) is 0 Å². The highest BCUT2D eigenvalue weighted by atomic mass is 16.7. The zero-order valence-corrected chi connectivity index (χ0v) is 16.1. The number of rotatable bonds is 6. The number of phenols is 3. The third-order valence-electron chi connectivity index (χ3n) is 4.75. The largest absolute Gasteiger partial charge is 0.508 e. The van der Waals surface area contributed by atoms with E-state index in [4.69, 9.17) is 9.47 Å². The molecule has 0 aliphatic carbocycles. The van der Waals surface area contributed by atoms with Crippen LogP contribution in [0.15, 0.2) is 42.5 Å². The molecule has 31 heavy (non-hydrogen) atoms. The third kappa shape index (κ3) is 4.95. The number of benzene rings is 2. The van der Waals surface area contributed by atoms with Gasteiger partial charge in [0.2, 0.25) is 6.29 Å². The van der Waals surface area contributed by atoms with Crippen LogP contribution in [-0.4, -0.2) is 78.8 Å². The minimum absolute atomic E-state index is 0.0131. The Morgan fingerprint density at radius 3 is 2.35 bits per heavy atom. The SMILES string of the molecule is O=C(C=Cc1ccc(O[C@H]2O[C@@H](CO)[C@H](O)[C@@H](O)[C@H]2O)c(O)c1)c1ccc(O)cc1O. The summed E-state index contributed by atoms with van der Waals surface area (Å²) in [5.41, 5.74) is 0.395. The van der Waals surface area contributed by atoms with Crippen LogP contribution in [0.4, 0.5) is 0 Å². The van der Waals surface area contributed by atoms with Crippen LogP contribution in [0, 0.1) is 0 Å². The smallest absolute Gasteiger partial charge is 0.229 e. The zero-order valence-electron chi connectivity index (χ0n) is 16.1. The van der Waals surface area contributed by atoms with E-state index < -0.39 is 43.1 Å². The lowest BCUT2D eigenvalue weighted by atomic mass is 9.99. The summed E-state index contributed by atoms with van der Waals surface area (Å²) in [7, 11) is 0. The molecular weight excluding hydrogens is 412 g/mol. The van der Waals surface area contributed by atoms with E-state index in [0.717, 1.165) is 6.07 Å². The van der Waals surface area contributed by atoms with Crippen molar-refractivity contribution in [3.8, 4) is 23.0 Å². The molecule has 1 fully saturated rings. The van der Waals surface area contributed by atoms with Crippen LogP contribution < -0.4 is 4.74 Å². The second-order valence-electron chi connectivity index (χ2n) is 6.94. The highest BCUT2D eigenvalue weighted by Crippen LogP contribution is 2.31. The maximum atomic E-state index is 12.2. The van der Waals surface area contributed by atoms with E-state index in [1.165, 1.54) is 42.5 Å². The van der Waals surface area contributed by atoms with Gasteiger partial charge in [-0.1, -0.05) is 12.1 Å². The maximum absolute atomic E-state index is 12.2. The Balaban J connectivity index is 1.71. The van der Waals surface area contributed by atoms with Crippen molar-refractivity contribution in [2.75, 3.05) is 6.61 Å². The second-order valence-corrected chi connectivity index (χ2v) is 6.94. The van der Waals surface area contributed by atoms with Crippen LogP contribution in [0.5, 0.6) is 23.0 Å².